The summed E-state index contributed by atoms with van der Waals surface area (Å²) in [5.74, 6) is 1.03. The molecule has 0 aliphatic carbocycles. The van der Waals surface area contributed by atoms with Crippen LogP contribution in [0, 0.1) is 5.82 Å². The monoisotopic (exact) mass is 367 g/mol. The zero-order valence-electron chi connectivity index (χ0n) is 15.2. The second-order valence-corrected chi connectivity index (χ2v) is 6.08. The number of carbonyl (C=O) groups is 1. The van der Waals surface area contributed by atoms with E-state index in [1.54, 1.807) is 31.2 Å². The molecule has 0 bridgehead atoms. The molecule has 140 valence electrons. The first-order chi connectivity index (χ1) is 13.2. The predicted octanol–water partition coefficient (Wildman–Crippen LogP) is 4.59. The van der Waals surface area contributed by atoms with Crippen molar-refractivity contribution in [3.8, 4) is 11.3 Å². The van der Waals surface area contributed by atoms with Crippen molar-refractivity contribution in [2.24, 2.45) is 0 Å². The van der Waals surface area contributed by atoms with Gasteiger partial charge in [-0.15, -0.1) is 0 Å². The normalized spacial score (nSPS) is 10.7. The van der Waals surface area contributed by atoms with Crippen LogP contribution in [0.1, 0.15) is 28.6 Å². The fraction of sp³-hybridized carbons (Fsp3) is 0.227. The predicted molar refractivity (Wildman–Crippen MR) is 102 cm³/mol. The molecule has 0 fully saturated rings. The van der Waals surface area contributed by atoms with Crippen molar-refractivity contribution in [1.82, 2.24) is 5.32 Å². The molecule has 0 radical (unpaired) electrons. The third kappa shape index (κ3) is 5.05. The third-order valence-electron chi connectivity index (χ3n) is 4.17. The maximum atomic E-state index is 13.6. The summed E-state index contributed by atoms with van der Waals surface area (Å²) in [7, 11) is 0. The van der Waals surface area contributed by atoms with E-state index < -0.39 is 0 Å². The minimum atomic E-state index is -0.330. The minimum absolute atomic E-state index is 0.175. The molecule has 27 heavy (non-hydrogen) atoms. The summed E-state index contributed by atoms with van der Waals surface area (Å²) in [5, 5.41) is 3.26. The van der Waals surface area contributed by atoms with E-state index in [4.69, 9.17) is 9.15 Å². The van der Waals surface area contributed by atoms with Gasteiger partial charge in [-0.25, -0.2) is 9.18 Å². The Morgan fingerprint density at radius 3 is 2.59 bits per heavy atom. The van der Waals surface area contributed by atoms with E-state index in [1.807, 2.05) is 30.3 Å². The summed E-state index contributed by atoms with van der Waals surface area (Å²) in [6.45, 7) is 3.35. The van der Waals surface area contributed by atoms with Crippen LogP contribution >= 0.6 is 0 Å². The summed E-state index contributed by atoms with van der Waals surface area (Å²) >= 11 is 0. The van der Waals surface area contributed by atoms with E-state index in [9.17, 15) is 9.18 Å². The van der Waals surface area contributed by atoms with Gasteiger partial charge in [-0.05, 0) is 55.8 Å². The Kier molecular flexibility index (Phi) is 6.39. The number of esters is 1. The molecule has 0 saturated carbocycles. The highest BCUT2D eigenvalue weighted by molar-refractivity contribution is 5.89. The SMILES string of the molecule is CCOC(=O)c1ccc(-c2ccc(CNCCc3ccccc3F)o2)cc1. The number of benzene rings is 2. The van der Waals surface area contributed by atoms with Crippen LogP contribution in [0.5, 0.6) is 0 Å². The van der Waals surface area contributed by atoms with Gasteiger partial charge in [0, 0.05) is 5.56 Å². The second kappa shape index (κ2) is 9.14. The number of nitrogens with one attached hydrogen (secondary N) is 1. The van der Waals surface area contributed by atoms with Gasteiger partial charge in [0.15, 0.2) is 0 Å². The average Bonchev–Trinajstić information content (AvgIpc) is 3.16. The van der Waals surface area contributed by atoms with E-state index in [1.165, 1.54) is 6.07 Å². The van der Waals surface area contributed by atoms with Crippen molar-refractivity contribution in [3.05, 3.63) is 83.4 Å². The molecule has 1 aromatic heterocycles. The van der Waals surface area contributed by atoms with Gasteiger partial charge in [0.1, 0.15) is 17.3 Å². The number of hydrogen-bond donors (Lipinski definition) is 1. The summed E-state index contributed by atoms with van der Waals surface area (Å²) in [5.41, 5.74) is 2.11. The van der Waals surface area contributed by atoms with E-state index in [0.29, 0.717) is 37.2 Å². The molecule has 0 spiro atoms. The lowest BCUT2D eigenvalue weighted by Gasteiger charge is -2.05. The van der Waals surface area contributed by atoms with Gasteiger partial charge in [-0.1, -0.05) is 30.3 Å². The number of hydrogen-bond acceptors (Lipinski definition) is 4. The highest BCUT2D eigenvalue weighted by atomic mass is 19.1. The van der Waals surface area contributed by atoms with E-state index in [2.05, 4.69) is 5.32 Å². The summed E-state index contributed by atoms with van der Waals surface area (Å²) < 4.78 is 24.4. The number of halogens is 1. The van der Waals surface area contributed by atoms with Crippen molar-refractivity contribution in [1.29, 1.82) is 0 Å². The largest absolute Gasteiger partial charge is 0.462 e. The first-order valence-electron chi connectivity index (χ1n) is 8.97. The third-order valence-corrected chi connectivity index (χ3v) is 4.17. The Bertz CT molecular complexity index is 887. The smallest absolute Gasteiger partial charge is 0.338 e. The lowest BCUT2D eigenvalue weighted by molar-refractivity contribution is 0.0526. The minimum Gasteiger partial charge on any atom is -0.462 e. The van der Waals surface area contributed by atoms with Crippen LogP contribution in [-0.4, -0.2) is 19.1 Å². The zero-order chi connectivity index (χ0) is 19.1. The number of rotatable bonds is 8. The lowest BCUT2D eigenvalue weighted by Crippen LogP contribution is -2.16. The number of ether oxygens (including phenoxy) is 1. The van der Waals surface area contributed by atoms with Gasteiger partial charge in [0.25, 0.3) is 0 Å². The summed E-state index contributed by atoms with van der Waals surface area (Å²) in [4.78, 5) is 11.7. The van der Waals surface area contributed by atoms with E-state index in [0.717, 1.165) is 17.1 Å². The maximum absolute atomic E-state index is 13.6. The topological polar surface area (TPSA) is 51.5 Å². The van der Waals surface area contributed by atoms with Crippen LogP contribution in [0.3, 0.4) is 0 Å². The molecule has 1 heterocycles. The lowest BCUT2D eigenvalue weighted by atomic mass is 10.1. The van der Waals surface area contributed by atoms with Gasteiger partial charge in [-0.3, -0.25) is 0 Å². The van der Waals surface area contributed by atoms with Crippen LogP contribution in [-0.2, 0) is 17.7 Å². The molecule has 1 N–H and O–H groups in total. The molecule has 0 amide bonds. The van der Waals surface area contributed by atoms with E-state index in [-0.39, 0.29) is 11.8 Å². The molecule has 0 aliphatic heterocycles. The molecule has 5 heteroatoms. The Labute approximate surface area is 158 Å². The fourth-order valence-electron chi connectivity index (χ4n) is 2.75. The van der Waals surface area contributed by atoms with Gasteiger partial charge >= 0.3 is 5.97 Å². The number of carbonyl (C=O) groups excluding carboxylic acids is 1. The molecule has 2 aromatic carbocycles. The van der Waals surface area contributed by atoms with Crippen LogP contribution in [0.25, 0.3) is 11.3 Å². The Balaban J connectivity index is 1.52. The second-order valence-electron chi connectivity index (χ2n) is 6.08. The quantitative estimate of drug-likeness (QED) is 0.467. The van der Waals surface area contributed by atoms with Crippen molar-refractivity contribution in [2.45, 2.75) is 19.9 Å². The van der Waals surface area contributed by atoms with Gasteiger partial charge < -0.3 is 14.5 Å². The first-order valence-corrected chi connectivity index (χ1v) is 8.97. The highest BCUT2D eigenvalue weighted by Gasteiger charge is 2.09. The molecule has 0 atom stereocenters. The number of furan rings is 1. The maximum Gasteiger partial charge on any atom is 0.338 e. The van der Waals surface area contributed by atoms with Crippen molar-refractivity contribution in [2.75, 3.05) is 13.2 Å². The molecule has 3 aromatic rings. The molecular formula is C22H22FNO3. The zero-order valence-corrected chi connectivity index (χ0v) is 15.2. The molecule has 4 nitrogen and oxygen atoms in total. The Hall–Kier alpha value is -2.92. The van der Waals surface area contributed by atoms with Crippen LogP contribution < -0.4 is 5.32 Å². The summed E-state index contributed by atoms with van der Waals surface area (Å²) in [6.07, 6.45) is 0.621. The standard InChI is InChI=1S/C22H22FNO3/c1-2-26-22(25)18-9-7-17(8-10-18)21-12-11-19(27-21)15-24-14-13-16-5-3-4-6-20(16)23/h3-12,24H,2,13-15H2,1H3. The Morgan fingerprint density at radius 2 is 1.85 bits per heavy atom. The fourth-order valence-corrected chi connectivity index (χ4v) is 2.75. The Morgan fingerprint density at radius 1 is 1.07 bits per heavy atom. The van der Waals surface area contributed by atoms with Crippen molar-refractivity contribution >= 4 is 5.97 Å². The molecule has 0 saturated heterocycles. The molecule has 0 aliphatic rings. The van der Waals surface area contributed by atoms with Gasteiger partial charge in [0.05, 0.1) is 18.7 Å². The van der Waals surface area contributed by atoms with Crippen LogP contribution in [0.15, 0.2) is 65.1 Å². The summed E-state index contributed by atoms with van der Waals surface area (Å²) in [6, 6.07) is 17.7. The average molecular weight is 367 g/mol. The van der Waals surface area contributed by atoms with Crippen LogP contribution in [0.4, 0.5) is 4.39 Å². The first kappa shape index (κ1) is 18.9. The van der Waals surface area contributed by atoms with Crippen molar-refractivity contribution in [3.63, 3.8) is 0 Å². The van der Waals surface area contributed by atoms with Crippen LogP contribution in [0.2, 0.25) is 0 Å². The van der Waals surface area contributed by atoms with E-state index >= 15 is 0 Å². The molecular weight excluding hydrogens is 345 g/mol. The van der Waals surface area contributed by atoms with Gasteiger partial charge in [-0.2, -0.15) is 0 Å². The van der Waals surface area contributed by atoms with Crippen molar-refractivity contribution < 1.29 is 18.3 Å². The molecule has 0 unspecified atom stereocenters. The highest BCUT2D eigenvalue weighted by Crippen LogP contribution is 2.23. The van der Waals surface area contributed by atoms with Gasteiger partial charge in [0.2, 0.25) is 0 Å². The molecule has 3 rings (SSSR count).